The van der Waals surface area contributed by atoms with E-state index in [2.05, 4.69) is 10.0 Å². The van der Waals surface area contributed by atoms with Crippen molar-refractivity contribution >= 4 is 33.2 Å². The van der Waals surface area contributed by atoms with Crippen LogP contribution in [-0.2, 0) is 10.0 Å². The maximum absolute atomic E-state index is 12.3. The van der Waals surface area contributed by atoms with Crippen molar-refractivity contribution < 1.29 is 13.2 Å². The van der Waals surface area contributed by atoms with Crippen molar-refractivity contribution in [1.29, 1.82) is 0 Å². The fraction of sp³-hybridized carbons (Fsp3) is 0.188. The van der Waals surface area contributed by atoms with Crippen LogP contribution >= 0.6 is 11.6 Å². The van der Waals surface area contributed by atoms with Crippen LogP contribution in [0.4, 0.5) is 5.69 Å². The summed E-state index contributed by atoms with van der Waals surface area (Å²) in [6.45, 7) is 1.88. The zero-order valence-electron chi connectivity index (χ0n) is 12.7. The van der Waals surface area contributed by atoms with E-state index >= 15 is 0 Å². The number of hydrogen-bond acceptors (Lipinski definition) is 3. The Hall–Kier alpha value is -2.05. The van der Waals surface area contributed by atoms with E-state index in [1.54, 1.807) is 0 Å². The first-order valence-electron chi connectivity index (χ1n) is 6.89. The summed E-state index contributed by atoms with van der Waals surface area (Å²) in [6.07, 6.45) is 1.04. The molecule has 1 amide bonds. The zero-order chi connectivity index (χ0) is 17.0. The van der Waals surface area contributed by atoms with Crippen LogP contribution < -0.4 is 10.0 Å². The van der Waals surface area contributed by atoms with Gasteiger partial charge in [-0.15, -0.1) is 0 Å². The van der Waals surface area contributed by atoms with Gasteiger partial charge in [-0.1, -0.05) is 41.9 Å². The van der Waals surface area contributed by atoms with E-state index in [9.17, 15) is 13.2 Å². The molecule has 0 saturated carbocycles. The van der Waals surface area contributed by atoms with Crippen molar-refractivity contribution in [3.8, 4) is 0 Å². The molecule has 23 heavy (non-hydrogen) atoms. The molecule has 0 aromatic heterocycles. The molecule has 0 heterocycles. The summed E-state index contributed by atoms with van der Waals surface area (Å²) in [4.78, 5) is 12.3. The van der Waals surface area contributed by atoms with Gasteiger partial charge in [0, 0.05) is 5.69 Å². The Morgan fingerprint density at radius 1 is 1.13 bits per heavy atom. The van der Waals surface area contributed by atoms with Gasteiger partial charge in [0.25, 0.3) is 5.91 Å². The third-order valence-corrected chi connectivity index (χ3v) is 4.08. The molecule has 0 fully saturated rings. The summed E-state index contributed by atoms with van der Waals surface area (Å²) in [5, 5.41) is 3.04. The third-order valence-electron chi connectivity index (χ3n) is 3.16. The van der Waals surface area contributed by atoms with Gasteiger partial charge in [-0.2, -0.15) is 0 Å². The Balaban J connectivity index is 2.14. The number of sulfonamides is 1. The molecule has 2 aromatic rings. The van der Waals surface area contributed by atoms with Crippen LogP contribution in [0.25, 0.3) is 0 Å². The number of carbonyl (C=O) groups is 1. The fourth-order valence-electron chi connectivity index (χ4n) is 2.08. The lowest BCUT2D eigenvalue weighted by atomic mass is 10.1. The molecular formula is C16H17ClN2O3S. The summed E-state index contributed by atoms with van der Waals surface area (Å²) in [7, 11) is -3.39. The molecule has 2 N–H and O–H groups in total. The first-order valence-corrected chi connectivity index (χ1v) is 9.16. The van der Waals surface area contributed by atoms with Gasteiger partial charge >= 0.3 is 0 Å². The number of rotatable bonds is 5. The van der Waals surface area contributed by atoms with E-state index in [1.807, 2.05) is 37.3 Å². The van der Waals surface area contributed by atoms with Crippen molar-refractivity contribution in [2.45, 2.75) is 13.0 Å². The van der Waals surface area contributed by atoms with Crippen LogP contribution in [0.3, 0.4) is 0 Å². The summed E-state index contributed by atoms with van der Waals surface area (Å²) in [5.74, 6) is -0.322. The number of anilines is 1. The third kappa shape index (κ3) is 4.97. The summed E-state index contributed by atoms with van der Waals surface area (Å²) in [6, 6.07) is 13.8. The van der Waals surface area contributed by atoms with Crippen LogP contribution in [0, 0.1) is 0 Å². The summed E-state index contributed by atoms with van der Waals surface area (Å²) in [5.41, 5.74) is 1.57. The van der Waals surface area contributed by atoms with E-state index in [0.29, 0.717) is 5.69 Å². The lowest BCUT2D eigenvalue weighted by Crippen LogP contribution is -2.26. The highest BCUT2D eigenvalue weighted by Gasteiger charge is 2.15. The molecule has 2 rings (SSSR count). The van der Waals surface area contributed by atoms with Gasteiger partial charge < -0.3 is 5.32 Å². The lowest BCUT2D eigenvalue weighted by molar-refractivity contribution is 0.0940. The minimum atomic E-state index is -3.39. The number of nitrogens with one attached hydrogen (secondary N) is 2. The van der Waals surface area contributed by atoms with Crippen LogP contribution in [0.15, 0.2) is 48.5 Å². The van der Waals surface area contributed by atoms with Crippen molar-refractivity contribution in [3.05, 3.63) is 64.7 Å². The van der Waals surface area contributed by atoms with Gasteiger partial charge in [0.1, 0.15) is 0 Å². The first-order chi connectivity index (χ1) is 10.8. The first kappa shape index (κ1) is 17.3. The van der Waals surface area contributed by atoms with Gasteiger partial charge in [-0.25, -0.2) is 8.42 Å². The van der Waals surface area contributed by atoms with Gasteiger partial charge in [0.2, 0.25) is 10.0 Å². The largest absolute Gasteiger partial charge is 0.345 e. The predicted octanol–water partition coefficient (Wildman–Crippen LogP) is 3.20. The Bertz CT molecular complexity index is 807. The molecule has 5 nitrogen and oxygen atoms in total. The molecule has 0 aliphatic heterocycles. The van der Waals surface area contributed by atoms with Gasteiger partial charge in [-0.3, -0.25) is 9.52 Å². The van der Waals surface area contributed by atoms with Crippen molar-refractivity contribution in [2.75, 3.05) is 11.0 Å². The summed E-state index contributed by atoms with van der Waals surface area (Å²) < 4.78 is 24.7. The highest BCUT2D eigenvalue weighted by molar-refractivity contribution is 7.92. The molecule has 122 valence electrons. The number of amides is 1. The molecule has 0 spiro atoms. The molecule has 1 atom stereocenters. The predicted molar refractivity (Wildman–Crippen MR) is 92.2 cm³/mol. The van der Waals surface area contributed by atoms with E-state index in [1.165, 1.54) is 18.2 Å². The van der Waals surface area contributed by atoms with E-state index < -0.39 is 10.0 Å². The average Bonchev–Trinajstić information content (AvgIpc) is 2.46. The van der Waals surface area contributed by atoms with E-state index in [0.717, 1.165) is 11.8 Å². The van der Waals surface area contributed by atoms with Crippen LogP contribution in [0.5, 0.6) is 0 Å². The number of halogens is 1. The lowest BCUT2D eigenvalue weighted by Gasteiger charge is -2.15. The van der Waals surface area contributed by atoms with E-state index in [4.69, 9.17) is 11.6 Å². The number of benzene rings is 2. The van der Waals surface area contributed by atoms with Crippen LogP contribution in [0.1, 0.15) is 28.9 Å². The molecule has 7 heteroatoms. The second-order valence-electron chi connectivity index (χ2n) is 5.17. The summed E-state index contributed by atoms with van der Waals surface area (Å²) >= 11 is 6.09. The van der Waals surface area contributed by atoms with Crippen molar-refractivity contribution in [3.63, 3.8) is 0 Å². The van der Waals surface area contributed by atoms with Gasteiger partial charge in [-0.05, 0) is 30.7 Å². The topological polar surface area (TPSA) is 75.3 Å². The maximum Gasteiger partial charge on any atom is 0.253 e. The Kier molecular flexibility index (Phi) is 5.28. The van der Waals surface area contributed by atoms with Crippen molar-refractivity contribution in [1.82, 2.24) is 5.32 Å². The standard InChI is InChI=1S/C16H17ClN2O3S/c1-11(12-6-4-3-5-7-12)18-16(20)14-9-8-13(10-15(14)17)19-23(2,21)22/h3-11,19H,1-2H3,(H,18,20)/t11-/m1/s1. The highest BCUT2D eigenvalue weighted by Crippen LogP contribution is 2.22. The smallest absolute Gasteiger partial charge is 0.253 e. The molecule has 0 bridgehead atoms. The minimum absolute atomic E-state index is 0.173. The van der Waals surface area contributed by atoms with Crippen molar-refractivity contribution in [2.24, 2.45) is 0 Å². The highest BCUT2D eigenvalue weighted by atomic mass is 35.5. The molecular weight excluding hydrogens is 336 g/mol. The SMILES string of the molecule is C[C@@H](NC(=O)c1ccc(NS(C)(=O)=O)cc1Cl)c1ccccc1. The molecule has 0 aliphatic rings. The Morgan fingerprint density at radius 2 is 1.78 bits per heavy atom. The average molecular weight is 353 g/mol. The maximum atomic E-state index is 12.3. The molecule has 0 unspecified atom stereocenters. The molecule has 0 saturated heterocycles. The monoisotopic (exact) mass is 352 g/mol. The quantitative estimate of drug-likeness (QED) is 0.867. The van der Waals surface area contributed by atoms with E-state index in [-0.39, 0.29) is 22.5 Å². The number of hydrogen-bond donors (Lipinski definition) is 2. The second kappa shape index (κ2) is 7.02. The Labute approximate surface area is 140 Å². The zero-order valence-corrected chi connectivity index (χ0v) is 14.3. The van der Waals surface area contributed by atoms with Gasteiger partial charge in [0.05, 0.1) is 22.9 Å². The van der Waals surface area contributed by atoms with Crippen LogP contribution in [-0.4, -0.2) is 20.6 Å². The van der Waals surface area contributed by atoms with Gasteiger partial charge in [0.15, 0.2) is 0 Å². The minimum Gasteiger partial charge on any atom is -0.345 e. The normalized spacial score (nSPS) is 12.5. The van der Waals surface area contributed by atoms with Crippen LogP contribution in [0.2, 0.25) is 5.02 Å². The molecule has 0 radical (unpaired) electrons. The molecule has 2 aromatic carbocycles. The molecule has 0 aliphatic carbocycles. The Morgan fingerprint density at radius 3 is 2.35 bits per heavy atom. The number of carbonyl (C=O) groups excluding carboxylic acids is 1. The second-order valence-corrected chi connectivity index (χ2v) is 7.33. The fourth-order valence-corrected chi connectivity index (χ4v) is 2.90.